The molecule has 0 spiro atoms. The highest BCUT2D eigenvalue weighted by atomic mass is 35.5. The molecule has 0 saturated heterocycles. The van der Waals surface area contributed by atoms with Crippen molar-refractivity contribution in [2.24, 2.45) is 4.99 Å². The van der Waals surface area contributed by atoms with Crippen LogP contribution in [-0.4, -0.2) is 36.5 Å². The van der Waals surface area contributed by atoms with Gasteiger partial charge in [-0.3, -0.25) is 9.36 Å². The Kier molecular flexibility index (Phi) is 9.73. The number of halogens is 1. The number of hydrogen-bond acceptors (Lipinski definition) is 8. The van der Waals surface area contributed by atoms with Gasteiger partial charge in [-0.25, -0.2) is 9.79 Å². The van der Waals surface area contributed by atoms with Crippen molar-refractivity contribution < 1.29 is 23.7 Å². The molecule has 0 aliphatic carbocycles. The summed E-state index contributed by atoms with van der Waals surface area (Å²) in [5.74, 6) is 0.903. The van der Waals surface area contributed by atoms with Crippen LogP contribution in [0, 0.1) is 0 Å². The van der Waals surface area contributed by atoms with Gasteiger partial charge in [0.1, 0.15) is 18.4 Å². The number of fused-ring (bicyclic) bond motifs is 1. The summed E-state index contributed by atoms with van der Waals surface area (Å²) >= 11 is 7.77. The van der Waals surface area contributed by atoms with Gasteiger partial charge >= 0.3 is 5.97 Å². The van der Waals surface area contributed by atoms with Crippen molar-refractivity contribution in [1.29, 1.82) is 0 Å². The van der Waals surface area contributed by atoms with Gasteiger partial charge in [0, 0.05) is 5.56 Å². The number of allylic oxidation sites excluding steroid dienone is 1. The Hall–Kier alpha value is -3.82. The average Bonchev–Trinajstić information content (AvgIpc) is 3.22. The summed E-state index contributed by atoms with van der Waals surface area (Å²) in [6, 6.07) is 10.1. The van der Waals surface area contributed by atoms with E-state index in [1.807, 2.05) is 45.0 Å². The van der Waals surface area contributed by atoms with Crippen molar-refractivity contribution in [2.75, 3.05) is 19.8 Å². The third kappa shape index (κ3) is 6.41. The van der Waals surface area contributed by atoms with E-state index in [0.29, 0.717) is 55.0 Å². The first-order chi connectivity index (χ1) is 19.7. The summed E-state index contributed by atoms with van der Waals surface area (Å²) in [5.41, 5.74) is 1.77. The number of carbonyl (C=O) groups excluding carboxylic acids is 1. The van der Waals surface area contributed by atoms with Crippen LogP contribution in [0.25, 0.3) is 6.08 Å². The largest absolute Gasteiger partial charge is 0.491 e. The van der Waals surface area contributed by atoms with Gasteiger partial charge in [0.05, 0.1) is 40.1 Å². The van der Waals surface area contributed by atoms with Crippen molar-refractivity contribution in [1.82, 2.24) is 4.57 Å². The molecule has 2 aromatic carbocycles. The molecule has 4 rings (SSSR count). The van der Waals surface area contributed by atoms with Gasteiger partial charge < -0.3 is 18.9 Å². The van der Waals surface area contributed by atoms with Gasteiger partial charge in [-0.05, 0) is 64.5 Å². The van der Waals surface area contributed by atoms with Crippen LogP contribution in [0.3, 0.4) is 0 Å². The molecular weight excluding hydrogens is 564 g/mol. The highest BCUT2D eigenvalue weighted by Gasteiger charge is 2.35. The Morgan fingerprint density at radius 3 is 2.61 bits per heavy atom. The maximum atomic E-state index is 14.0. The number of esters is 1. The molecule has 41 heavy (non-hydrogen) atoms. The zero-order valence-electron chi connectivity index (χ0n) is 23.7. The molecule has 0 saturated carbocycles. The average molecular weight is 597 g/mol. The summed E-state index contributed by atoms with van der Waals surface area (Å²) in [4.78, 5) is 32.4. The lowest BCUT2D eigenvalue weighted by Crippen LogP contribution is -2.40. The topological polar surface area (TPSA) is 88.4 Å². The number of ether oxygens (including phenoxy) is 4. The number of nitrogens with zero attached hydrogens (tertiary/aromatic N) is 2. The zero-order valence-corrected chi connectivity index (χ0v) is 25.3. The molecule has 1 atom stereocenters. The highest BCUT2D eigenvalue weighted by Crippen LogP contribution is 2.38. The SMILES string of the molecule is C=CCOc1c(Cl)cc(/C=c2/sc3n(c2=O)C(c2ccccc2OC(C)C)C(C(=O)OCC)=C(C)N=3)cc1OCC. The van der Waals surface area contributed by atoms with Crippen molar-refractivity contribution >= 4 is 35.0 Å². The van der Waals surface area contributed by atoms with Crippen molar-refractivity contribution in [3.05, 3.63) is 96.2 Å². The molecule has 0 radical (unpaired) electrons. The molecule has 1 aliphatic rings. The van der Waals surface area contributed by atoms with Gasteiger partial charge in [-0.2, -0.15) is 0 Å². The van der Waals surface area contributed by atoms with Crippen molar-refractivity contribution in [3.8, 4) is 17.2 Å². The van der Waals surface area contributed by atoms with E-state index in [1.165, 1.54) is 15.9 Å². The van der Waals surface area contributed by atoms with Crippen LogP contribution in [0.2, 0.25) is 5.02 Å². The first kappa shape index (κ1) is 30.1. The van der Waals surface area contributed by atoms with Gasteiger partial charge in [-0.15, -0.1) is 0 Å². The lowest BCUT2D eigenvalue weighted by atomic mass is 9.95. The molecule has 0 N–H and O–H groups in total. The van der Waals surface area contributed by atoms with E-state index in [-0.39, 0.29) is 30.5 Å². The second-order valence-corrected chi connectivity index (χ2v) is 10.8. The molecular formula is C31H33ClN2O6S. The minimum atomic E-state index is -0.792. The van der Waals surface area contributed by atoms with Crippen LogP contribution in [0.15, 0.2) is 70.1 Å². The van der Waals surface area contributed by atoms with Crippen LogP contribution in [0.1, 0.15) is 51.8 Å². The molecule has 0 amide bonds. The zero-order chi connectivity index (χ0) is 29.7. The Bertz CT molecular complexity index is 1670. The molecule has 216 valence electrons. The number of benzene rings is 2. The molecule has 8 nitrogen and oxygen atoms in total. The quantitative estimate of drug-likeness (QED) is 0.223. The van der Waals surface area contributed by atoms with Crippen molar-refractivity contribution in [2.45, 2.75) is 46.8 Å². The second-order valence-electron chi connectivity index (χ2n) is 9.37. The van der Waals surface area contributed by atoms with Crippen LogP contribution < -0.4 is 29.1 Å². The summed E-state index contributed by atoms with van der Waals surface area (Å²) in [7, 11) is 0. The fourth-order valence-corrected chi connectivity index (χ4v) is 5.84. The van der Waals surface area contributed by atoms with Crippen LogP contribution in [-0.2, 0) is 9.53 Å². The maximum Gasteiger partial charge on any atom is 0.338 e. The van der Waals surface area contributed by atoms with E-state index in [4.69, 9.17) is 30.5 Å². The third-order valence-corrected chi connectivity index (χ3v) is 7.33. The summed E-state index contributed by atoms with van der Waals surface area (Å²) < 4.78 is 24.9. The predicted molar refractivity (Wildman–Crippen MR) is 161 cm³/mol. The Morgan fingerprint density at radius 2 is 1.93 bits per heavy atom. The molecule has 0 bridgehead atoms. The smallest absolute Gasteiger partial charge is 0.338 e. The van der Waals surface area contributed by atoms with Gasteiger partial charge in [0.2, 0.25) is 0 Å². The van der Waals surface area contributed by atoms with Gasteiger partial charge in [0.25, 0.3) is 5.56 Å². The Morgan fingerprint density at radius 1 is 1.17 bits per heavy atom. The number of carbonyl (C=O) groups is 1. The monoisotopic (exact) mass is 596 g/mol. The summed E-state index contributed by atoms with van der Waals surface area (Å²) in [6.45, 7) is 13.7. The van der Waals surface area contributed by atoms with Crippen molar-refractivity contribution in [3.63, 3.8) is 0 Å². The number of thiazole rings is 1. The second kappa shape index (κ2) is 13.2. The minimum Gasteiger partial charge on any atom is -0.491 e. The number of hydrogen-bond donors (Lipinski definition) is 0. The first-order valence-corrected chi connectivity index (χ1v) is 14.5. The van der Waals surface area contributed by atoms with E-state index in [2.05, 4.69) is 11.6 Å². The molecule has 3 aromatic rings. The summed E-state index contributed by atoms with van der Waals surface area (Å²) in [5, 5.41) is 0.343. The number of aromatic nitrogens is 1. The van der Waals surface area contributed by atoms with Crippen LogP contribution >= 0.6 is 22.9 Å². The predicted octanol–water partition coefficient (Wildman–Crippen LogP) is 5.20. The first-order valence-electron chi connectivity index (χ1n) is 13.3. The third-order valence-electron chi connectivity index (χ3n) is 6.07. The van der Waals surface area contributed by atoms with Crippen LogP contribution in [0.4, 0.5) is 0 Å². The Labute approximate surface area is 247 Å². The standard InChI is InChI=1S/C31H33ClN2O6S/c1-7-14-39-28-22(32)15-20(16-24(28)37-8-2)17-25-29(35)34-27(21-12-10-11-13-23(21)40-18(4)5)26(30(36)38-9-3)19(6)33-31(34)41-25/h7,10-13,15-18,27H,1,8-9,14H2,2-6H3/b25-17+. The lowest BCUT2D eigenvalue weighted by Gasteiger charge is -2.26. The number of para-hydroxylation sites is 1. The minimum absolute atomic E-state index is 0.120. The highest BCUT2D eigenvalue weighted by molar-refractivity contribution is 7.07. The van der Waals surface area contributed by atoms with Crippen LogP contribution in [0.5, 0.6) is 17.2 Å². The molecule has 1 aromatic heterocycles. The fourth-order valence-electron chi connectivity index (χ4n) is 4.52. The normalized spacial score (nSPS) is 14.9. The molecule has 1 aliphatic heterocycles. The van der Waals surface area contributed by atoms with E-state index in [1.54, 1.807) is 38.1 Å². The molecule has 10 heteroatoms. The molecule has 1 unspecified atom stereocenters. The van der Waals surface area contributed by atoms with E-state index in [9.17, 15) is 9.59 Å². The van der Waals surface area contributed by atoms with E-state index >= 15 is 0 Å². The molecule has 2 heterocycles. The lowest BCUT2D eigenvalue weighted by molar-refractivity contribution is -0.139. The Balaban J connectivity index is 1.94. The number of rotatable bonds is 11. The maximum absolute atomic E-state index is 14.0. The van der Waals surface area contributed by atoms with E-state index < -0.39 is 12.0 Å². The molecule has 0 fully saturated rings. The van der Waals surface area contributed by atoms with Gasteiger partial charge in [0.15, 0.2) is 16.3 Å². The fraction of sp³-hybridized carbons (Fsp3) is 0.323. The van der Waals surface area contributed by atoms with Gasteiger partial charge in [-0.1, -0.05) is 53.8 Å². The summed E-state index contributed by atoms with van der Waals surface area (Å²) in [6.07, 6.45) is 3.23. The van der Waals surface area contributed by atoms with E-state index in [0.717, 1.165) is 0 Å².